The van der Waals surface area contributed by atoms with E-state index in [-0.39, 0.29) is 6.61 Å². The zero-order chi connectivity index (χ0) is 12.5. The largest absolute Gasteiger partial charge is 0.392 e. The minimum absolute atomic E-state index is 0.0434. The summed E-state index contributed by atoms with van der Waals surface area (Å²) in [6, 6.07) is 6.00. The van der Waals surface area contributed by atoms with E-state index in [4.69, 9.17) is 0 Å². The van der Waals surface area contributed by atoms with Crippen molar-refractivity contribution in [2.24, 2.45) is 0 Å². The van der Waals surface area contributed by atoms with Gasteiger partial charge in [-0.2, -0.15) is 0 Å². The van der Waals surface area contributed by atoms with Crippen molar-refractivity contribution in [2.45, 2.75) is 32.3 Å². The number of hydrogen-bond acceptors (Lipinski definition) is 2. The van der Waals surface area contributed by atoms with Gasteiger partial charge in [0.25, 0.3) is 0 Å². The molecule has 1 N–H and O–H groups in total. The number of imidazole rings is 1. The van der Waals surface area contributed by atoms with Gasteiger partial charge in [-0.3, -0.25) is 0 Å². The van der Waals surface area contributed by atoms with Gasteiger partial charge in [-0.05, 0) is 43.9 Å². The molecule has 1 aliphatic carbocycles. The highest BCUT2D eigenvalue weighted by molar-refractivity contribution is 9.10. The maximum Gasteiger partial charge on any atom is 0.0997 e. The van der Waals surface area contributed by atoms with E-state index in [1.54, 1.807) is 0 Å². The van der Waals surface area contributed by atoms with Crippen LogP contribution in [0.2, 0.25) is 0 Å². The Kier molecular flexibility index (Phi) is 3.22. The van der Waals surface area contributed by atoms with E-state index < -0.39 is 0 Å². The number of aliphatic hydroxyl groups excluding tert-OH is 1. The lowest BCUT2D eigenvalue weighted by molar-refractivity contribution is 0.281. The lowest BCUT2D eigenvalue weighted by Gasteiger charge is -2.16. The number of hydrogen-bond donors (Lipinski definition) is 1. The summed E-state index contributed by atoms with van der Waals surface area (Å²) in [7, 11) is 0. The lowest BCUT2D eigenvalue weighted by Crippen LogP contribution is -2.08. The Morgan fingerprint density at radius 3 is 2.94 bits per heavy atom. The van der Waals surface area contributed by atoms with E-state index >= 15 is 0 Å². The Morgan fingerprint density at radius 1 is 1.28 bits per heavy atom. The van der Waals surface area contributed by atoms with Gasteiger partial charge in [-0.15, -0.1) is 0 Å². The van der Waals surface area contributed by atoms with Crippen molar-refractivity contribution in [3.8, 4) is 5.69 Å². The van der Waals surface area contributed by atoms with Crippen LogP contribution in [-0.2, 0) is 19.4 Å². The van der Waals surface area contributed by atoms with Crippen LogP contribution in [0.3, 0.4) is 0 Å². The highest BCUT2D eigenvalue weighted by Gasteiger charge is 2.17. The van der Waals surface area contributed by atoms with Gasteiger partial charge in [-0.25, -0.2) is 4.98 Å². The molecule has 3 nitrogen and oxygen atoms in total. The Hall–Kier alpha value is -1.13. The summed E-state index contributed by atoms with van der Waals surface area (Å²) in [6.45, 7) is 0.0434. The van der Waals surface area contributed by atoms with Gasteiger partial charge < -0.3 is 9.67 Å². The molecule has 0 radical (unpaired) electrons. The fourth-order valence-corrected chi connectivity index (χ4v) is 3.00. The monoisotopic (exact) mass is 306 g/mol. The average Bonchev–Trinajstić information content (AvgIpc) is 2.82. The third kappa shape index (κ3) is 1.99. The summed E-state index contributed by atoms with van der Waals surface area (Å²) < 4.78 is 3.12. The SMILES string of the molecule is OCc1cc(Br)ccc1-n1cnc2c1CCCC2. The third-order valence-electron chi connectivity index (χ3n) is 3.50. The van der Waals surface area contributed by atoms with Crippen molar-refractivity contribution in [3.63, 3.8) is 0 Å². The maximum atomic E-state index is 9.49. The molecule has 0 amide bonds. The summed E-state index contributed by atoms with van der Waals surface area (Å²) in [6.07, 6.45) is 6.50. The molecule has 3 rings (SSSR count). The van der Waals surface area contributed by atoms with Crippen molar-refractivity contribution in [1.82, 2.24) is 9.55 Å². The van der Waals surface area contributed by atoms with Gasteiger partial charge in [0.05, 0.1) is 24.3 Å². The Bertz CT molecular complexity index is 577. The van der Waals surface area contributed by atoms with E-state index in [9.17, 15) is 5.11 Å². The number of aryl methyl sites for hydroxylation is 1. The van der Waals surface area contributed by atoms with Crippen LogP contribution in [0, 0.1) is 0 Å². The molecule has 4 heteroatoms. The molecule has 0 saturated carbocycles. The van der Waals surface area contributed by atoms with E-state index in [0.717, 1.165) is 28.6 Å². The summed E-state index contributed by atoms with van der Waals surface area (Å²) in [5.41, 5.74) is 4.48. The second kappa shape index (κ2) is 4.86. The van der Waals surface area contributed by atoms with E-state index in [1.807, 2.05) is 24.5 Å². The first-order valence-electron chi connectivity index (χ1n) is 6.24. The first-order chi connectivity index (χ1) is 8.79. The van der Waals surface area contributed by atoms with E-state index in [0.29, 0.717) is 0 Å². The highest BCUT2D eigenvalue weighted by atomic mass is 79.9. The standard InChI is InChI=1S/C14H15BrN2O/c15-11-5-6-13(10(7-11)8-18)17-9-16-12-3-1-2-4-14(12)17/h5-7,9,18H,1-4,8H2. The van der Waals surface area contributed by atoms with E-state index in [1.165, 1.54) is 24.2 Å². The van der Waals surface area contributed by atoms with Crippen LogP contribution < -0.4 is 0 Å². The summed E-state index contributed by atoms with van der Waals surface area (Å²) >= 11 is 3.44. The molecule has 1 aliphatic rings. The first-order valence-corrected chi connectivity index (χ1v) is 7.03. The van der Waals surface area contributed by atoms with Crippen molar-refractivity contribution in [2.75, 3.05) is 0 Å². The van der Waals surface area contributed by atoms with Crippen LogP contribution in [0.5, 0.6) is 0 Å². The fourth-order valence-electron chi connectivity index (χ4n) is 2.59. The third-order valence-corrected chi connectivity index (χ3v) is 3.99. The minimum Gasteiger partial charge on any atom is -0.392 e. The van der Waals surface area contributed by atoms with Crippen LogP contribution >= 0.6 is 15.9 Å². The molecule has 0 bridgehead atoms. The van der Waals surface area contributed by atoms with Crippen LogP contribution in [0.1, 0.15) is 29.8 Å². The zero-order valence-corrected chi connectivity index (χ0v) is 11.7. The van der Waals surface area contributed by atoms with Gasteiger partial charge in [-0.1, -0.05) is 15.9 Å². The molecule has 0 atom stereocenters. The van der Waals surface area contributed by atoms with Crippen LogP contribution in [0.15, 0.2) is 29.0 Å². The van der Waals surface area contributed by atoms with Gasteiger partial charge in [0.1, 0.15) is 0 Å². The number of benzene rings is 1. The number of nitrogens with zero attached hydrogens (tertiary/aromatic N) is 2. The minimum atomic E-state index is 0.0434. The van der Waals surface area contributed by atoms with Crippen molar-refractivity contribution in [1.29, 1.82) is 0 Å². The summed E-state index contributed by atoms with van der Waals surface area (Å²) in [5.74, 6) is 0. The highest BCUT2D eigenvalue weighted by Crippen LogP contribution is 2.26. The second-order valence-corrected chi connectivity index (χ2v) is 5.56. The summed E-state index contributed by atoms with van der Waals surface area (Å²) in [4.78, 5) is 4.50. The zero-order valence-electron chi connectivity index (χ0n) is 10.1. The molecule has 0 fully saturated rings. The maximum absolute atomic E-state index is 9.49. The lowest BCUT2D eigenvalue weighted by atomic mass is 10.0. The number of aliphatic hydroxyl groups is 1. The molecule has 1 heterocycles. The molecule has 0 aliphatic heterocycles. The molecule has 2 aromatic rings. The fraction of sp³-hybridized carbons (Fsp3) is 0.357. The van der Waals surface area contributed by atoms with Crippen LogP contribution in [0.25, 0.3) is 5.69 Å². The number of rotatable bonds is 2. The molecule has 0 saturated heterocycles. The predicted octanol–water partition coefficient (Wildman–Crippen LogP) is 3.01. The second-order valence-electron chi connectivity index (χ2n) is 4.65. The average molecular weight is 307 g/mol. The summed E-state index contributed by atoms with van der Waals surface area (Å²) in [5, 5.41) is 9.49. The molecular formula is C14H15BrN2O. The molecule has 0 spiro atoms. The smallest absolute Gasteiger partial charge is 0.0997 e. The molecule has 1 aromatic heterocycles. The number of aromatic nitrogens is 2. The Balaban J connectivity index is 2.12. The van der Waals surface area contributed by atoms with E-state index in [2.05, 4.69) is 25.5 Å². The predicted molar refractivity (Wildman–Crippen MR) is 73.8 cm³/mol. The van der Waals surface area contributed by atoms with Crippen molar-refractivity contribution < 1.29 is 5.11 Å². The molecule has 94 valence electrons. The van der Waals surface area contributed by atoms with Crippen LogP contribution in [0.4, 0.5) is 0 Å². The molecule has 18 heavy (non-hydrogen) atoms. The topological polar surface area (TPSA) is 38.0 Å². The Labute approximate surface area is 115 Å². The van der Waals surface area contributed by atoms with Crippen molar-refractivity contribution in [3.05, 3.63) is 46.0 Å². The van der Waals surface area contributed by atoms with Gasteiger partial charge in [0.2, 0.25) is 0 Å². The quantitative estimate of drug-likeness (QED) is 0.926. The molecular weight excluding hydrogens is 292 g/mol. The molecule has 1 aromatic carbocycles. The number of fused-ring (bicyclic) bond motifs is 1. The van der Waals surface area contributed by atoms with Gasteiger partial charge in [0.15, 0.2) is 0 Å². The molecule has 0 unspecified atom stereocenters. The normalized spacial score (nSPS) is 14.6. The van der Waals surface area contributed by atoms with Crippen molar-refractivity contribution >= 4 is 15.9 Å². The Morgan fingerprint density at radius 2 is 2.11 bits per heavy atom. The number of halogens is 1. The van der Waals surface area contributed by atoms with Crippen LogP contribution in [-0.4, -0.2) is 14.7 Å². The first kappa shape index (κ1) is 11.9. The van der Waals surface area contributed by atoms with Gasteiger partial charge >= 0.3 is 0 Å². The van der Waals surface area contributed by atoms with Gasteiger partial charge in [0, 0.05) is 15.7 Å².